The van der Waals surface area contributed by atoms with Crippen LogP contribution in [0.1, 0.15) is 24.2 Å². The number of methoxy groups -OCH3 is 1. The number of hydrogen-bond donors (Lipinski definition) is 0. The summed E-state index contributed by atoms with van der Waals surface area (Å²) in [6.07, 6.45) is 0. The summed E-state index contributed by atoms with van der Waals surface area (Å²) in [6, 6.07) is 6.01. The maximum absolute atomic E-state index is 12.5. The zero-order valence-electron chi connectivity index (χ0n) is 12.2. The second kappa shape index (κ2) is 6.59. The molecule has 1 fully saturated rings. The summed E-state index contributed by atoms with van der Waals surface area (Å²) in [5.74, 6) is 0.836. The van der Waals surface area contributed by atoms with Crippen LogP contribution in [0.4, 0.5) is 0 Å². The average molecular weight is 341 g/mol. The number of ether oxygens (including phenoxy) is 1. The Morgan fingerprint density at radius 3 is 2.40 bits per heavy atom. The summed E-state index contributed by atoms with van der Waals surface area (Å²) in [4.78, 5) is 16.8. The largest absolute Gasteiger partial charge is 0.496 e. The molecule has 0 aliphatic carbocycles. The van der Waals surface area contributed by atoms with E-state index < -0.39 is 0 Å². The predicted molar refractivity (Wildman–Crippen MR) is 83.3 cm³/mol. The lowest BCUT2D eigenvalue weighted by Crippen LogP contribution is -2.50. The van der Waals surface area contributed by atoms with Crippen molar-refractivity contribution in [2.75, 3.05) is 33.3 Å². The minimum absolute atomic E-state index is 0.0942. The Bertz CT molecular complexity index is 483. The van der Waals surface area contributed by atoms with Crippen LogP contribution in [-0.2, 0) is 0 Å². The number of carbonyl (C=O) groups excluding carboxylic acids is 1. The second-order valence-corrected chi connectivity index (χ2v) is 6.13. The van der Waals surface area contributed by atoms with E-state index in [1.54, 1.807) is 7.11 Å². The smallest absolute Gasteiger partial charge is 0.253 e. The summed E-state index contributed by atoms with van der Waals surface area (Å²) < 4.78 is 6.00. The molecule has 0 N–H and O–H groups in total. The molecule has 0 atom stereocenters. The van der Waals surface area contributed by atoms with Crippen LogP contribution in [0.3, 0.4) is 0 Å². The van der Waals surface area contributed by atoms with E-state index >= 15 is 0 Å². The van der Waals surface area contributed by atoms with Gasteiger partial charge in [-0.25, -0.2) is 0 Å². The highest BCUT2D eigenvalue weighted by atomic mass is 79.9. The van der Waals surface area contributed by atoms with Crippen molar-refractivity contribution in [2.45, 2.75) is 19.9 Å². The Balaban J connectivity index is 2.04. The van der Waals surface area contributed by atoms with E-state index in [1.165, 1.54) is 0 Å². The minimum Gasteiger partial charge on any atom is -0.496 e. The van der Waals surface area contributed by atoms with Crippen LogP contribution in [0.15, 0.2) is 22.7 Å². The average Bonchev–Trinajstić information content (AvgIpc) is 2.46. The van der Waals surface area contributed by atoms with Crippen LogP contribution < -0.4 is 4.74 Å². The molecule has 0 saturated carbocycles. The van der Waals surface area contributed by atoms with E-state index in [1.807, 2.05) is 23.1 Å². The van der Waals surface area contributed by atoms with Gasteiger partial charge < -0.3 is 9.64 Å². The lowest BCUT2D eigenvalue weighted by atomic mass is 10.1. The van der Waals surface area contributed by atoms with Gasteiger partial charge in [-0.3, -0.25) is 9.69 Å². The summed E-state index contributed by atoms with van der Waals surface area (Å²) in [6.45, 7) is 7.86. The van der Waals surface area contributed by atoms with Gasteiger partial charge in [-0.2, -0.15) is 0 Å². The molecule has 0 radical (unpaired) electrons. The van der Waals surface area contributed by atoms with Gasteiger partial charge in [0.05, 0.1) is 11.6 Å². The Labute approximate surface area is 128 Å². The number of nitrogens with zero attached hydrogens (tertiary/aromatic N) is 2. The molecular formula is C15H21BrN2O2. The molecule has 1 heterocycles. The Kier molecular flexibility index (Phi) is 5.05. The Hall–Kier alpha value is -1.07. The first kappa shape index (κ1) is 15.3. The highest BCUT2D eigenvalue weighted by molar-refractivity contribution is 9.10. The van der Waals surface area contributed by atoms with Gasteiger partial charge in [-0.05, 0) is 48.0 Å². The molecule has 0 aromatic heterocycles. The Morgan fingerprint density at radius 1 is 1.25 bits per heavy atom. The minimum atomic E-state index is 0.0942. The van der Waals surface area contributed by atoms with Crippen LogP contribution in [0.25, 0.3) is 0 Å². The molecule has 4 nitrogen and oxygen atoms in total. The fraction of sp³-hybridized carbons (Fsp3) is 0.533. The molecular weight excluding hydrogens is 320 g/mol. The van der Waals surface area contributed by atoms with Crippen LogP contribution in [0.2, 0.25) is 0 Å². The lowest BCUT2D eigenvalue weighted by molar-refractivity contribution is 0.0595. The maximum atomic E-state index is 12.5. The third-order valence-electron chi connectivity index (χ3n) is 3.73. The van der Waals surface area contributed by atoms with Crippen LogP contribution in [0, 0.1) is 0 Å². The van der Waals surface area contributed by atoms with Gasteiger partial charge in [-0.1, -0.05) is 0 Å². The number of halogens is 1. The van der Waals surface area contributed by atoms with Crippen molar-refractivity contribution in [1.82, 2.24) is 9.80 Å². The van der Waals surface area contributed by atoms with Gasteiger partial charge in [0.1, 0.15) is 5.75 Å². The second-order valence-electron chi connectivity index (χ2n) is 5.27. The van der Waals surface area contributed by atoms with Crippen molar-refractivity contribution >= 4 is 21.8 Å². The quantitative estimate of drug-likeness (QED) is 0.847. The standard InChI is InChI=1S/C15H21BrN2O2/c1-11(2)17-6-8-18(9-7-17)15(19)12-4-5-14(20-3)13(16)10-12/h4-5,10-11H,6-9H2,1-3H3. The number of piperazine rings is 1. The third-order valence-corrected chi connectivity index (χ3v) is 4.35. The molecule has 1 aliphatic rings. The van der Waals surface area contributed by atoms with Gasteiger partial charge in [0.2, 0.25) is 0 Å². The van der Waals surface area contributed by atoms with Crippen molar-refractivity contribution in [2.24, 2.45) is 0 Å². The van der Waals surface area contributed by atoms with E-state index in [4.69, 9.17) is 4.74 Å². The lowest BCUT2D eigenvalue weighted by Gasteiger charge is -2.37. The topological polar surface area (TPSA) is 32.8 Å². The van der Waals surface area contributed by atoms with Gasteiger partial charge >= 0.3 is 0 Å². The van der Waals surface area contributed by atoms with Gasteiger partial charge in [-0.15, -0.1) is 0 Å². The molecule has 1 aliphatic heterocycles. The normalized spacial score (nSPS) is 16.6. The molecule has 1 aromatic carbocycles. The van der Waals surface area contributed by atoms with Crippen LogP contribution in [0.5, 0.6) is 5.75 Å². The number of hydrogen-bond acceptors (Lipinski definition) is 3. The molecule has 2 rings (SSSR count). The molecule has 1 aromatic rings. The van der Waals surface area contributed by atoms with E-state index in [9.17, 15) is 4.79 Å². The van der Waals surface area contributed by atoms with Crippen molar-refractivity contribution in [3.05, 3.63) is 28.2 Å². The fourth-order valence-corrected chi connectivity index (χ4v) is 2.96. The molecule has 0 spiro atoms. The third kappa shape index (κ3) is 3.33. The van der Waals surface area contributed by atoms with Crippen molar-refractivity contribution < 1.29 is 9.53 Å². The first-order valence-corrected chi connectivity index (χ1v) is 7.69. The fourth-order valence-electron chi connectivity index (χ4n) is 2.42. The SMILES string of the molecule is COc1ccc(C(=O)N2CCN(C(C)C)CC2)cc1Br. The first-order valence-electron chi connectivity index (χ1n) is 6.89. The number of carbonyl (C=O) groups is 1. The zero-order valence-corrected chi connectivity index (χ0v) is 13.8. The molecule has 20 heavy (non-hydrogen) atoms. The van der Waals surface area contributed by atoms with Gasteiger partial charge in [0, 0.05) is 37.8 Å². The monoisotopic (exact) mass is 340 g/mol. The van der Waals surface area contributed by atoms with E-state index in [0.717, 1.165) is 36.4 Å². The molecule has 5 heteroatoms. The predicted octanol–water partition coefficient (Wildman–Crippen LogP) is 2.62. The molecule has 0 unspecified atom stereocenters. The van der Waals surface area contributed by atoms with Crippen molar-refractivity contribution in [3.8, 4) is 5.75 Å². The van der Waals surface area contributed by atoms with E-state index in [2.05, 4.69) is 34.7 Å². The maximum Gasteiger partial charge on any atom is 0.253 e. The van der Waals surface area contributed by atoms with Gasteiger partial charge in [0.25, 0.3) is 5.91 Å². The highest BCUT2D eigenvalue weighted by Gasteiger charge is 2.23. The first-order chi connectivity index (χ1) is 9.52. The Morgan fingerprint density at radius 2 is 1.90 bits per heavy atom. The molecule has 1 amide bonds. The van der Waals surface area contributed by atoms with Crippen molar-refractivity contribution in [1.29, 1.82) is 0 Å². The van der Waals surface area contributed by atoms with Crippen LogP contribution >= 0.6 is 15.9 Å². The van der Waals surface area contributed by atoms with Crippen molar-refractivity contribution in [3.63, 3.8) is 0 Å². The molecule has 1 saturated heterocycles. The summed E-state index contributed by atoms with van der Waals surface area (Å²) in [5, 5.41) is 0. The summed E-state index contributed by atoms with van der Waals surface area (Å²) in [7, 11) is 1.62. The number of amides is 1. The molecule has 0 bridgehead atoms. The van der Waals surface area contributed by atoms with E-state index in [-0.39, 0.29) is 5.91 Å². The van der Waals surface area contributed by atoms with Gasteiger partial charge in [0.15, 0.2) is 0 Å². The van der Waals surface area contributed by atoms with E-state index in [0.29, 0.717) is 11.6 Å². The number of rotatable bonds is 3. The summed E-state index contributed by atoms with van der Waals surface area (Å²) >= 11 is 3.42. The summed E-state index contributed by atoms with van der Waals surface area (Å²) in [5.41, 5.74) is 0.704. The highest BCUT2D eigenvalue weighted by Crippen LogP contribution is 2.26. The number of benzene rings is 1. The zero-order chi connectivity index (χ0) is 14.7. The van der Waals surface area contributed by atoms with Crippen LogP contribution in [-0.4, -0.2) is 55.0 Å². The molecule has 110 valence electrons.